The van der Waals surface area contributed by atoms with E-state index in [4.69, 9.17) is 5.73 Å². The number of nitrogens with one attached hydrogen (secondary N) is 1. The van der Waals surface area contributed by atoms with E-state index >= 15 is 0 Å². The molecule has 0 spiro atoms. The first kappa shape index (κ1) is 11.4. The molecule has 0 aromatic heterocycles. The summed E-state index contributed by atoms with van der Waals surface area (Å²) in [5.41, 5.74) is 6.89. The van der Waals surface area contributed by atoms with Crippen molar-refractivity contribution in [3.05, 3.63) is 29.8 Å². The minimum atomic E-state index is 0.330. The molecular formula is C12H19N3O. The Morgan fingerprint density at radius 2 is 2.38 bits per heavy atom. The number of phenols is 1. The summed E-state index contributed by atoms with van der Waals surface area (Å²) < 4.78 is 0. The molecule has 1 aromatic rings. The predicted octanol–water partition coefficient (Wildman–Crippen LogP) is 0.125. The average Bonchev–Trinajstić information content (AvgIpc) is 2.30. The highest BCUT2D eigenvalue weighted by Crippen LogP contribution is 2.14. The molecule has 1 aromatic carbocycles. The number of rotatable bonds is 3. The molecule has 2 rings (SSSR count). The van der Waals surface area contributed by atoms with Gasteiger partial charge in [-0.25, -0.2) is 0 Å². The van der Waals surface area contributed by atoms with Crippen LogP contribution in [0.2, 0.25) is 0 Å². The molecule has 0 bridgehead atoms. The zero-order chi connectivity index (χ0) is 11.4. The SMILES string of the molecule is NCC1CNCCN1Cc1cccc(O)c1. The number of nitrogens with two attached hydrogens (primary N) is 1. The lowest BCUT2D eigenvalue weighted by Gasteiger charge is -2.35. The first-order chi connectivity index (χ1) is 7.79. The Kier molecular flexibility index (Phi) is 3.77. The van der Waals surface area contributed by atoms with Crippen molar-refractivity contribution < 1.29 is 5.11 Å². The van der Waals surface area contributed by atoms with Crippen molar-refractivity contribution in [1.29, 1.82) is 0 Å². The van der Waals surface area contributed by atoms with Gasteiger partial charge < -0.3 is 16.2 Å². The first-order valence-corrected chi connectivity index (χ1v) is 5.72. The van der Waals surface area contributed by atoms with Crippen molar-refractivity contribution in [2.45, 2.75) is 12.6 Å². The second-order valence-electron chi connectivity index (χ2n) is 4.23. The van der Waals surface area contributed by atoms with Crippen LogP contribution in [0.5, 0.6) is 5.75 Å². The molecule has 4 nitrogen and oxygen atoms in total. The van der Waals surface area contributed by atoms with Gasteiger partial charge in [-0.3, -0.25) is 4.90 Å². The van der Waals surface area contributed by atoms with E-state index in [1.54, 1.807) is 6.07 Å². The summed E-state index contributed by atoms with van der Waals surface area (Å²) in [6, 6.07) is 7.83. The number of benzene rings is 1. The summed E-state index contributed by atoms with van der Waals surface area (Å²) in [6.45, 7) is 4.51. The molecule has 4 N–H and O–H groups in total. The van der Waals surface area contributed by atoms with Crippen molar-refractivity contribution in [3.63, 3.8) is 0 Å². The second-order valence-corrected chi connectivity index (χ2v) is 4.23. The van der Waals surface area contributed by atoms with Gasteiger partial charge in [0.25, 0.3) is 0 Å². The van der Waals surface area contributed by atoms with Crippen LogP contribution in [0, 0.1) is 0 Å². The molecule has 88 valence electrons. The molecule has 0 aliphatic carbocycles. The van der Waals surface area contributed by atoms with Crippen LogP contribution in [0.3, 0.4) is 0 Å². The van der Waals surface area contributed by atoms with Gasteiger partial charge in [-0.2, -0.15) is 0 Å². The van der Waals surface area contributed by atoms with E-state index in [0.717, 1.165) is 31.7 Å². The minimum absolute atomic E-state index is 0.330. The Hall–Kier alpha value is -1.10. The van der Waals surface area contributed by atoms with Gasteiger partial charge in [-0.1, -0.05) is 12.1 Å². The zero-order valence-corrected chi connectivity index (χ0v) is 9.39. The fourth-order valence-electron chi connectivity index (χ4n) is 2.13. The summed E-state index contributed by atoms with van der Waals surface area (Å²) in [5, 5.41) is 12.8. The molecule has 0 amide bonds. The van der Waals surface area contributed by atoms with Gasteiger partial charge in [0.15, 0.2) is 0 Å². The molecular weight excluding hydrogens is 202 g/mol. The van der Waals surface area contributed by atoms with Crippen LogP contribution in [0.15, 0.2) is 24.3 Å². The van der Waals surface area contributed by atoms with Gasteiger partial charge in [-0.05, 0) is 17.7 Å². The molecule has 0 saturated carbocycles. The average molecular weight is 221 g/mol. The van der Waals surface area contributed by atoms with E-state index in [1.807, 2.05) is 18.2 Å². The Balaban J connectivity index is 2.02. The Labute approximate surface area is 96.1 Å². The molecule has 0 radical (unpaired) electrons. The quantitative estimate of drug-likeness (QED) is 0.679. The highest BCUT2D eigenvalue weighted by molar-refractivity contribution is 5.27. The van der Waals surface area contributed by atoms with Crippen LogP contribution in [-0.4, -0.2) is 42.2 Å². The van der Waals surface area contributed by atoms with Crippen molar-refractivity contribution in [3.8, 4) is 5.75 Å². The van der Waals surface area contributed by atoms with Crippen molar-refractivity contribution in [1.82, 2.24) is 10.2 Å². The molecule has 1 atom stereocenters. The standard InChI is InChI=1S/C12H19N3O/c13-7-11-8-14-4-5-15(11)9-10-2-1-3-12(16)6-10/h1-3,6,11,14,16H,4-5,7-9,13H2. The van der Waals surface area contributed by atoms with E-state index in [2.05, 4.69) is 10.2 Å². The number of nitrogens with zero attached hydrogens (tertiary/aromatic N) is 1. The molecule has 1 aliphatic heterocycles. The van der Waals surface area contributed by atoms with E-state index < -0.39 is 0 Å². The van der Waals surface area contributed by atoms with Crippen molar-refractivity contribution in [2.75, 3.05) is 26.2 Å². The van der Waals surface area contributed by atoms with Crippen molar-refractivity contribution >= 4 is 0 Å². The Bertz CT molecular complexity index is 343. The van der Waals surface area contributed by atoms with Gasteiger partial charge in [-0.15, -0.1) is 0 Å². The number of phenolic OH excluding ortho intramolecular Hbond substituents is 1. The predicted molar refractivity (Wildman–Crippen MR) is 64.2 cm³/mol. The van der Waals surface area contributed by atoms with Crippen LogP contribution in [0.4, 0.5) is 0 Å². The van der Waals surface area contributed by atoms with Gasteiger partial charge in [0.1, 0.15) is 5.75 Å². The minimum Gasteiger partial charge on any atom is -0.508 e. The molecule has 1 fully saturated rings. The second kappa shape index (κ2) is 5.30. The third-order valence-corrected chi connectivity index (χ3v) is 3.04. The normalized spacial score (nSPS) is 22.2. The monoisotopic (exact) mass is 221 g/mol. The number of piperazine rings is 1. The third-order valence-electron chi connectivity index (χ3n) is 3.04. The van der Waals surface area contributed by atoms with Crippen LogP contribution in [-0.2, 0) is 6.54 Å². The lowest BCUT2D eigenvalue weighted by Crippen LogP contribution is -2.53. The fraction of sp³-hybridized carbons (Fsp3) is 0.500. The van der Waals surface area contributed by atoms with Crippen LogP contribution < -0.4 is 11.1 Å². The topological polar surface area (TPSA) is 61.5 Å². The van der Waals surface area contributed by atoms with E-state index in [-0.39, 0.29) is 0 Å². The maximum atomic E-state index is 9.41. The van der Waals surface area contributed by atoms with E-state index in [1.165, 1.54) is 0 Å². The van der Waals surface area contributed by atoms with Crippen LogP contribution in [0.1, 0.15) is 5.56 Å². The maximum absolute atomic E-state index is 9.41. The molecule has 4 heteroatoms. The van der Waals surface area contributed by atoms with Crippen molar-refractivity contribution in [2.24, 2.45) is 5.73 Å². The number of aromatic hydroxyl groups is 1. The highest BCUT2D eigenvalue weighted by atomic mass is 16.3. The third kappa shape index (κ3) is 2.72. The highest BCUT2D eigenvalue weighted by Gasteiger charge is 2.20. The van der Waals surface area contributed by atoms with Gasteiger partial charge in [0.2, 0.25) is 0 Å². The molecule has 1 saturated heterocycles. The van der Waals surface area contributed by atoms with Crippen LogP contribution in [0.25, 0.3) is 0 Å². The van der Waals surface area contributed by atoms with Gasteiger partial charge in [0, 0.05) is 38.8 Å². The largest absolute Gasteiger partial charge is 0.508 e. The van der Waals surface area contributed by atoms with E-state index in [9.17, 15) is 5.11 Å². The summed E-state index contributed by atoms with van der Waals surface area (Å²) >= 11 is 0. The van der Waals surface area contributed by atoms with Gasteiger partial charge >= 0.3 is 0 Å². The first-order valence-electron chi connectivity index (χ1n) is 5.72. The van der Waals surface area contributed by atoms with E-state index in [0.29, 0.717) is 18.3 Å². The lowest BCUT2D eigenvalue weighted by molar-refractivity contribution is 0.157. The Morgan fingerprint density at radius 3 is 3.12 bits per heavy atom. The fourth-order valence-corrected chi connectivity index (χ4v) is 2.13. The van der Waals surface area contributed by atoms with Crippen LogP contribution >= 0.6 is 0 Å². The summed E-state index contributed by atoms with van der Waals surface area (Å²) in [4.78, 5) is 2.37. The Morgan fingerprint density at radius 1 is 1.50 bits per heavy atom. The smallest absolute Gasteiger partial charge is 0.115 e. The number of hydrogen-bond acceptors (Lipinski definition) is 4. The summed E-state index contributed by atoms with van der Waals surface area (Å²) in [6.07, 6.45) is 0. The molecule has 1 unspecified atom stereocenters. The lowest BCUT2D eigenvalue weighted by atomic mass is 10.1. The molecule has 16 heavy (non-hydrogen) atoms. The summed E-state index contributed by atoms with van der Waals surface area (Å²) in [7, 11) is 0. The zero-order valence-electron chi connectivity index (χ0n) is 9.39. The molecule has 1 heterocycles. The van der Waals surface area contributed by atoms with Gasteiger partial charge in [0.05, 0.1) is 0 Å². The molecule has 1 aliphatic rings. The number of hydrogen-bond donors (Lipinski definition) is 3. The maximum Gasteiger partial charge on any atom is 0.115 e. The summed E-state index contributed by atoms with van der Waals surface area (Å²) in [5.74, 6) is 0.330.